The Morgan fingerprint density at radius 1 is 1.21 bits per heavy atom. The smallest absolute Gasteiger partial charge is 0.259 e. The topological polar surface area (TPSA) is 59.4 Å². The average Bonchev–Trinajstić information content (AvgIpc) is 3.04. The Morgan fingerprint density at radius 2 is 1.97 bits per heavy atom. The minimum absolute atomic E-state index is 0.194. The molecule has 4 rings (SSSR count). The molecule has 2 aromatic carbocycles. The molecule has 2 heterocycles. The molecule has 0 spiro atoms. The van der Waals surface area contributed by atoms with Crippen LogP contribution in [0.5, 0.6) is 5.75 Å². The summed E-state index contributed by atoms with van der Waals surface area (Å²) in [4.78, 5) is 20.0. The maximum absolute atomic E-state index is 12.7. The minimum Gasteiger partial charge on any atom is -0.496 e. The second-order valence-corrected chi connectivity index (χ2v) is 7.90. The van der Waals surface area contributed by atoms with Crippen LogP contribution in [-0.4, -0.2) is 40.6 Å². The van der Waals surface area contributed by atoms with Gasteiger partial charge in [-0.2, -0.15) is 0 Å². The van der Waals surface area contributed by atoms with Crippen LogP contribution in [0.3, 0.4) is 0 Å². The van der Waals surface area contributed by atoms with Crippen molar-refractivity contribution in [1.82, 2.24) is 14.5 Å². The van der Waals surface area contributed by atoms with E-state index in [1.165, 1.54) is 12.8 Å². The van der Waals surface area contributed by atoms with Gasteiger partial charge in [-0.15, -0.1) is 0 Å². The van der Waals surface area contributed by atoms with Crippen molar-refractivity contribution in [3.05, 3.63) is 53.9 Å². The molecule has 6 nitrogen and oxygen atoms in total. The molecule has 6 heteroatoms. The van der Waals surface area contributed by atoms with E-state index in [1.54, 1.807) is 19.2 Å². The second-order valence-electron chi connectivity index (χ2n) is 7.90. The van der Waals surface area contributed by atoms with E-state index in [0.29, 0.717) is 11.3 Å². The van der Waals surface area contributed by atoms with Gasteiger partial charge in [-0.25, -0.2) is 4.98 Å². The first-order chi connectivity index (χ1) is 14.0. The first kappa shape index (κ1) is 19.5. The second kappa shape index (κ2) is 8.25. The number of likely N-dealkylation sites (tertiary alicyclic amines) is 1. The van der Waals surface area contributed by atoms with Gasteiger partial charge in [0.2, 0.25) is 0 Å². The molecule has 0 bridgehead atoms. The molecule has 0 unspecified atom stereocenters. The molecular formula is C23H28N4O2. The van der Waals surface area contributed by atoms with Crippen LogP contribution in [0.15, 0.2) is 42.5 Å². The number of carbonyl (C=O) groups excluding carboxylic acids is 1. The monoisotopic (exact) mass is 392 g/mol. The number of nitrogens with zero attached hydrogens (tertiary/aromatic N) is 3. The lowest BCUT2D eigenvalue weighted by molar-refractivity contribution is 0.102. The van der Waals surface area contributed by atoms with Crippen molar-refractivity contribution >= 4 is 22.6 Å². The number of aromatic nitrogens is 2. The van der Waals surface area contributed by atoms with Gasteiger partial charge in [0.15, 0.2) is 0 Å². The summed E-state index contributed by atoms with van der Waals surface area (Å²) >= 11 is 0. The number of rotatable bonds is 5. The molecule has 0 aliphatic carbocycles. The first-order valence-electron chi connectivity index (χ1n) is 10.2. The fourth-order valence-electron chi connectivity index (χ4n) is 3.92. The Hall–Kier alpha value is -2.86. The Morgan fingerprint density at radius 3 is 2.72 bits per heavy atom. The normalized spacial score (nSPS) is 15.6. The average molecular weight is 393 g/mol. The van der Waals surface area contributed by atoms with E-state index in [2.05, 4.69) is 28.8 Å². The highest BCUT2D eigenvalue weighted by Crippen LogP contribution is 2.24. The number of ether oxygens (including phenoxy) is 1. The number of hydrogen-bond acceptors (Lipinski definition) is 4. The Labute approximate surface area is 171 Å². The summed E-state index contributed by atoms with van der Waals surface area (Å²) < 4.78 is 7.44. The van der Waals surface area contributed by atoms with E-state index < -0.39 is 0 Å². The van der Waals surface area contributed by atoms with Crippen molar-refractivity contribution in [2.45, 2.75) is 26.3 Å². The van der Waals surface area contributed by atoms with Gasteiger partial charge in [-0.05, 0) is 62.2 Å². The minimum atomic E-state index is -0.194. The molecule has 1 saturated heterocycles. The summed E-state index contributed by atoms with van der Waals surface area (Å²) in [6.07, 6.45) is 2.51. The third kappa shape index (κ3) is 4.12. The summed E-state index contributed by atoms with van der Waals surface area (Å²) in [6, 6.07) is 13.1. The summed E-state index contributed by atoms with van der Waals surface area (Å²) in [5, 5.41) is 2.96. The number of amides is 1. The number of methoxy groups -OCH3 is 1. The van der Waals surface area contributed by atoms with E-state index in [1.807, 2.05) is 30.3 Å². The SMILES string of the molecule is COc1ccccc1C(=O)Nc1ccc2c(c1)nc(CN1CCC(C)CC1)n2C. The highest BCUT2D eigenvalue weighted by atomic mass is 16.5. The number of imidazole rings is 1. The van der Waals surface area contributed by atoms with E-state index in [0.717, 1.165) is 48.1 Å². The van der Waals surface area contributed by atoms with E-state index >= 15 is 0 Å². The van der Waals surface area contributed by atoms with Crippen molar-refractivity contribution in [3.63, 3.8) is 0 Å². The Kier molecular flexibility index (Phi) is 5.53. The van der Waals surface area contributed by atoms with Gasteiger partial charge in [0.05, 0.1) is 30.3 Å². The number of hydrogen-bond donors (Lipinski definition) is 1. The highest BCUT2D eigenvalue weighted by Gasteiger charge is 2.19. The van der Waals surface area contributed by atoms with Gasteiger partial charge in [0, 0.05) is 12.7 Å². The van der Waals surface area contributed by atoms with E-state index in [9.17, 15) is 4.79 Å². The van der Waals surface area contributed by atoms with Crippen LogP contribution in [-0.2, 0) is 13.6 Å². The number of fused-ring (bicyclic) bond motifs is 1. The Bertz CT molecular complexity index is 1020. The van der Waals surface area contributed by atoms with E-state index in [-0.39, 0.29) is 5.91 Å². The van der Waals surface area contributed by atoms with Crippen molar-refractivity contribution in [2.75, 3.05) is 25.5 Å². The third-order valence-electron chi connectivity index (χ3n) is 5.82. The van der Waals surface area contributed by atoms with Crippen LogP contribution in [0.4, 0.5) is 5.69 Å². The number of anilines is 1. The molecule has 1 amide bonds. The van der Waals surface area contributed by atoms with Crippen LogP contribution in [0.2, 0.25) is 0 Å². The molecule has 3 aromatic rings. The zero-order valence-electron chi connectivity index (χ0n) is 17.3. The lowest BCUT2D eigenvalue weighted by Crippen LogP contribution is -2.33. The summed E-state index contributed by atoms with van der Waals surface area (Å²) in [5.74, 6) is 2.24. The predicted molar refractivity (Wildman–Crippen MR) is 115 cm³/mol. The van der Waals surface area contributed by atoms with Gasteiger partial charge < -0.3 is 14.6 Å². The van der Waals surface area contributed by atoms with Crippen LogP contribution in [0.1, 0.15) is 35.9 Å². The van der Waals surface area contributed by atoms with Gasteiger partial charge in [-0.1, -0.05) is 19.1 Å². The maximum atomic E-state index is 12.7. The summed E-state index contributed by atoms with van der Waals surface area (Å²) in [5.41, 5.74) is 3.20. The number of benzene rings is 2. The quantitative estimate of drug-likeness (QED) is 0.711. The number of piperidine rings is 1. The van der Waals surface area contributed by atoms with Gasteiger partial charge in [0.25, 0.3) is 5.91 Å². The van der Waals surface area contributed by atoms with Gasteiger partial charge in [0.1, 0.15) is 11.6 Å². The maximum Gasteiger partial charge on any atom is 0.259 e. The number of aryl methyl sites for hydroxylation is 1. The molecule has 1 aliphatic rings. The standard InChI is InChI=1S/C23H28N4O2/c1-16-10-12-27(13-11-16)15-22-25-19-14-17(8-9-20(19)26(22)2)24-23(28)18-6-4-5-7-21(18)29-3/h4-9,14,16H,10-13,15H2,1-3H3,(H,24,28). The molecule has 1 N–H and O–H groups in total. The molecule has 29 heavy (non-hydrogen) atoms. The molecule has 1 aliphatic heterocycles. The van der Waals surface area contributed by atoms with Gasteiger partial charge in [-0.3, -0.25) is 9.69 Å². The molecular weight excluding hydrogens is 364 g/mol. The molecule has 0 radical (unpaired) electrons. The van der Waals surface area contributed by atoms with Crippen molar-refractivity contribution < 1.29 is 9.53 Å². The van der Waals surface area contributed by atoms with Crippen molar-refractivity contribution in [2.24, 2.45) is 13.0 Å². The first-order valence-corrected chi connectivity index (χ1v) is 10.2. The van der Waals surface area contributed by atoms with E-state index in [4.69, 9.17) is 9.72 Å². The highest BCUT2D eigenvalue weighted by molar-refractivity contribution is 6.06. The largest absolute Gasteiger partial charge is 0.496 e. The summed E-state index contributed by atoms with van der Waals surface area (Å²) in [7, 11) is 3.63. The third-order valence-corrected chi connectivity index (χ3v) is 5.82. The molecule has 1 aromatic heterocycles. The van der Waals surface area contributed by atoms with Crippen molar-refractivity contribution in [1.29, 1.82) is 0 Å². The zero-order valence-corrected chi connectivity index (χ0v) is 17.3. The van der Waals surface area contributed by atoms with Crippen LogP contribution >= 0.6 is 0 Å². The lowest BCUT2D eigenvalue weighted by atomic mass is 9.99. The lowest BCUT2D eigenvalue weighted by Gasteiger charge is -2.29. The molecule has 152 valence electrons. The number of carbonyl (C=O) groups is 1. The van der Waals surface area contributed by atoms with Crippen LogP contribution < -0.4 is 10.1 Å². The molecule has 0 saturated carbocycles. The zero-order chi connectivity index (χ0) is 20.4. The fourth-order valence-corrected chi connectivity index (χ4v) is 3.92. The van der Waals surface area contributed by atoms with Crippen LogP contribution in [0, 0.1) is 5.92 Å². The van der Waals surface area contributed by atoms with Crippen LogP contribution in [0.25, 0.3) is 11.0 Å². The fraction of sp³-hybridized carbons (Fsp3) is 0.391. The number of para-hydroxylation sites is 1. The predicted octanol–water partition coefficient (Wildman–Crippen LogP) is 4.07. The number of nitrogens with one attached hydrogen (secondary N) is 1. The van der Waals surface area contributed by atoms with Gasteiger partial charge >= 0.3 is 0 Å². The summed E-state index contributed by atoms with van der Waals surface area (Å²) in [6.45, 7) is 5.45. The van der Waals surface area contributed by atoms with Crippen molar-refractivity contribution in [3.8, 4) is 5.75 Å². The molecule has 0 atom stereocenters. The molecule has 1 fully saturated rings. The Balaban J connectivity index is 1.52.